The zero-order valence-electron chi connectivity index (χ0n) is 12.9. The molecule has 3 aromatic rings. The Morgan fingerprint density at radius 1 is 1.09 bits per heavy atom. The Hall–Kier alpha value is -2.63. The van der Waals surface area contributed by atoms with Crippen LogP contribution >= 0.6 is 0 Å². The highest BCUT2D eigenvalue weighted by Crippen LogP contribution is 2.24. The van der Waals surface area contributed by atoms with Crippen LogP contribution in [0.4, 0.5) is 5.95 Å². The lowest BCUT2D eigenvalue weighted by Crippen LogP contribution is -2.35. The van der Waals surface area contributed by atoms with Crippen LogP contribution in [0.25, 0.3) is 11.5 Å². The Kier molecular flexibility index (Phi) is 3.80. The van der Waals surface area contributed by atoms with Gasteiger partial charge in [-0.15, -0.1) is 0 Å². The zero-order valence-corrected chi connectivity index (χ0v) is 12.9. The molecule has 2 aromatic heterocycles. The fourth-order valence-electron chi connectivity index (χ4n) is 3.03. The molecule has 0 atom stereocenters. The second kappa shape index (κ2) is 6.24. The third kappa shape index (κ3) is 3.11. The molecule has 4 rings (SSSR count). The topological polar surface area (TPSA) is 60.0 Å². The molecular weight excluding hydrogens is 290 g/mol. The summed E-state index contributed by atoms with van der Waals surface area (Å²) >= 11 is 0. The van der Waals surface area contributed by atoms with Crippen LogP contribution in [0.2, 0.25) is 0 Å². The number of hydrogen-bond donors (Lipinski definition) is 0. The van der Waals surface area contributed by atoms with Crippen molar-refractivity contribution in [3.05, 3.63) is 48.8 Å². The normalized spacial score (nSPS) is 15.9. The molecule has 6 nitrogen and oxygen atoms in total. The fourth-order valence-corrected chi connectivity index (χ4v) is 3.03. The van der Waals surface area contributed by atoms with E-state index in [0.717, 1.165) is 38.0 Å². The van der Waals surface area contributed by atoms with E-state index < -0.39 is 0 Å². The maximum Gasteiger partial charge on any atom is 0.266 e. The molecule has 3 heterocycles. The van der Waals surface area contributed by atoms with Crippen molar-refractivity contribution < 1.29 is 4.52 Å². The molecule has 1 fully saturated rings. The molecule has 0 unspecified atom stereocenters. The minimum atomic E-state index is 0.583. The first-order valence-electron chi connectivity index (χ1n) is 8.00. The number of piperidine rings is 1. The van der Waals surface area contributed by atoms with Gasteiger partial charge in [-0.3, -0.25) is 4.68 Å². The van der Waals surface area contributed by atoms with E-state index in [0.29, 0.717) is 17.8 Å². The van der Waals surface area contributed by atoms with Gasteiger partial charge in [-0.05, 0) is 42.1 Å². The van der Waals surface area contributed by atoms with Crippen molar-refractivity contribution in [1.82, 2.24) is 19.9 Å². The summed E-state index contributed by atoms with van der Waals surface area (Å²) in [5, 5.41) is 8.43. The zero-order chi connectivity index (χ0) is 15.5. The molecule has 0 radical (unpaired) electrons. The molecule has 1 saturated heterocycles. The number of benzene rings is 1. The number of nitrogens with zero attached hydrogens (tertiary/aromatic N) is 5. The third-order valence-electron chi connectivity index (χ3n) is 4.34. The van der Waals surface area contributed by atoms with Gasteiger partial charge in [0.15, 0.2) is 0 Å². The van der Waals surface area contributed by atoms with Gasteiger partial charge in [-0.25, -0.2) is 0 Å². The SMILES string of the molecule is c1ccc(-c2nc(N3CCC(Cn4cccn4)CC3)no2)cc1. The van der Waals surface area contributed by atoms with Crippen molar-refractivity contribution in [3.8, 4) is 11.5 Å². The molecule has 23 heavy (non-hydrogen) atoms. The van der Waals surface area contributed by atoms with Gasteiger partial charge in [0.1, 0.15) is 0 Å². The molecular formula is C17H19N5O. The molecule has 1 aliphatic heterocycles. The number of anilines is 1. The Morgan fingerprint density at radius 2 is 1.91 bits per heavy atom. The molecule has 1 aliphatic rings. The summed E-state index contributed by atoms with van der Waals surface area (Å²) in [4.78, 5) is 6.74. The smallest absolute Gasteiger partial charge is 0.266 e. The summed E-state index contributed by atoms with van der Waals surface area (Å²) in [6.07, 6.45) is 6.10. The van der Waals surface area contributed by atoms with Crippen molar-refractivity contribution in [1.29, 1.82) is 0 Å². The Balaban J connectivity index is 1.38. The van der Waals surface area contributed by atoms with Crippen LogP contribution in [0.1, 0.15) is 12.8 Å². The molecule has 118 valence electrons. The van der Waals surface area contributed by atoms with E-state index in [1.54, 1.807) is 0 Å². The van der Waals surface area contributed by atoms with Crippen LogP contribution in [0.3, 0.4) is 0 Å². The number of aromatic nitrogens is 4. The molecule has 1 aromatic carbocycles. The number of rotatable bonds is 4. The van der Waals surface area contributed by atoms with Crippen molar-refractivity contribution in [2.45, 2.75) is 19.4 Å². The van der Waals surface area contributed by atoms with E-state index in [9.17, 15) is 0 Å². The van der Waals surface area contributed by atoms with Gasteiger partial charge < -0.3 is 9.42 Å². The molecule has 0 spiro atoms. The van der Waals surface area contributed by atoms with E-state index in [1.807, 2.05) is 53.5 Å². The van der Waals surface area contributed by atoms with Gasteiger partial charge in [-0.2, -0.15) is 10.1 Å². The fraction of sp³-hybridized carbons (Fsp3) is 0.353. The van der Waals surface area contributed by atoms with Gasteiger partial charge in [0.2, 0.25) is 0 Å². The number of hydrogen-bond acceptors (Lipinski definition) is 5. The Morgan fingerprint density at radius 3 is 2.65 bits per heavy atom. The highest BCUT2D eigenvalue weighted by Gasteiger charge is 2.23. The van der Waals surface area contributed by atoms with Crippen LogP contribution in [-0.4, -0.2) is 33.0 Å². The summed E-state index contributed by atoms with van der Waals surface area (Å²) in [6, 6.07) is 11.9. The maximum atomic E-state index is 5.40. The first-order chi connectivity index (χ1) is 11.4. The highest BCUT2D eigenvalue weighted by atomic mass is 16.5. The van der Waals surface area contributed by atoms with Crippen molar-refractivity contribution in [2.24, 2.45) is 5.92 Å². The standard InChI is InChI=1S/C17H19N5O/c1-2-5-15(6-3-1)16-19-17(20-23-16)21-11-7-14(8-12-21)13-22-10-4-9-18-22/h1-6,9-10,14H,7-8,11-13H2. The van der Waals surface area contributed by atoms with Crippen LogP contribution in [0.15, 0.2) is 53.3 Å². The summed E-state index contributed by atoms with van der Waals surface area (Å²) in [7, 11) is 0. The molecule has 0 bridgehead atoms. The van der Waals surface area contributed by atoms with Crippen LogP contribution in [-0.2, 0) is 6.54 Å². The highest BCUT2D eigenvalue weighted by molar-refractivity contribution is 5.54. The van der Waals surface area contributed by atoms with Gasteiger partial charge in [0.25, 0.3) is 11.8 Å². The van der Waals surface area contributed by atoms with Crippen LogP contribution in [0.5, 0.6) is 0 Å². The predicted octanol–water partition coefficient (Wildman–Crippen LogP) is 2.85. The van der Waals surface area contributed by atoms with E-state index >= 15 is 0 Å². The predicted molar refractivity (Wildman–Crippen MR) is 86.9 cm³/mol. The van der Waals surface area contributed by atoms with Gasteiger partial charge >= 0.3 is 0 Å². The first kappa shape index (κ1) is 14.0. The lowest BCUT2D eigenvalue weighted by Gasteiger charge is -2.30. The van der Waals surface area contributed by atoms with E-state index in [-0.39, 0.29) is 0 Å². The lowest BCUT2D eigenvalue weighted by atomic mass is 9.97. The average Bonchev–Trinajstić information content (AvgIpc) is 3.28. The van der Waals surface area contributed by atoms with Gasteiger partial charge in [-0.1, -0.05) is 18.2 Å². The minimum Gasteiger partial charge on any atom is -0.338 e. The molecule has 0 saturated carbocycles. The maximum absolute atomic E-state index is 5.40. The minimum absolute atomic E-state index is 0.583. The van der Waals surface area contributed by atoms with E-state index in [2.05, 4.69) is 20.1 Å². The summed E-state index contributed by atoms with van der Waals surface area (Å²) in [6.45, 7) is 2.90. The largest absolute Gasteiger partial charge is 0.338 e. The lowest BCUT2D eigenvalue weighted by molar-refractivity contribution is 0.338. The van der Waals surface area contributed by atoms with Crippen LogP contribution in [0, 0.1) is 5.92 Å². The Bertz CT molecular complexity index is 729. The summed E-state index contributed by atoms with van der Waals surface area (Å²) in [5.41, 5.74) is 0.958. The van der Waals surface area contributed by atoms with Gasteiger partial charge in [0, 0.05) is 37.6 Å². The second-order valence-electron chi connectivity index (χ2n) is 5.92. The summed E-state index contributed by atoms with van der Waals surface area (Å²) < 4.78 is 7.42. The molecule has 0 aliphatic carbocycles. The van der Waals surface area contributed by atoms with Crippen molar-refractivity contribution in [2.75, 3.05) is 18.0 Å². The monoisotopic (exact) mass is 309 g/mol. The second-order valence-corrected chi connectivity index (χ2v) is 5.92. The van der Waals surface area contributed by atoms with E-state index in [1.165, 1.54) is 0 Å². The van der Waals surface area contributed by atoms with Crippen molar-refractivity contribution >= 4 is 5.95 Å². The van der Waals surface area contributed by atoms with E-state index in [4.69, 9.17) is 4.52 Å². The molecule has 0 amide bonds. The average molecular weight is 309 g/mol. The molecule has 0 N–H and O–H groups in total. The third-order valence-corrected chi connectivity index (χ3v) is 4.34. The molecule has 6 heteroatoms. The van der Waals surface area contributed by atoms with Crippen molar-refractivity contribution in [3.63, 3.8) is 0 Å². The Labute approximate surface area is 134 Å². The first-order valence-corrected chi connectivity index (χ1v) is 8.00. The van der Waals surface area contributed by atoms with Gasteiger partial charge in [0.05, 0.1) is 0 Å². The quantitative estimate of drug-likeness (QED) is 0.741. The summed E-state index contributed by atoms with van der Waals surface area (Å²) in [5.74, 6) is 1.94. The van der Waals surface area contributed by atoms with Crippen LogP contribution < -0.4 is 4.90 Å².